The topological polar surface area (TPSA) is 75.1 Å². The second-order valence-electron chi connectivity index (χ2n) is 4.47. The highest BCUT2D eigenvalue weighted by Gasteiger charge is 2.33. The van der Waals surface area contributed by atoms with Gasteiger partial charge >= 0.3 is 12.1 Å². The molecule has 0 unspecified atom stereocenters. The lowest BCUT2D eigenvalue weighted by Gasteiger charge is -2.16. The summed E-state index contributed by atoms with van der Waals surface area (Å²) in [6.45, 7) is 3.69. The van der Waals surface area contributed by atoms with Crippen molar-refractivity contribution in [2.24, 2.45) is 5.92 Å². The van der Waals surface area contributed by atoms with Crippen molar-refractivity contribution < 1.29 is 23.1 Å². The summed E-state index contributed by atoms with van der Waals surface area (Å²) in [6.07, 6.45) is -4.23. The van der Waals surface area contributed by atoms with E-state index in [-0.39, 0.29) is 11.7 Å². The first-order chi connectivity index (χ1) is 8.70. The zero-order valence-electron chi connectivity index (χ0n) is 10.4. The Morgan fingerprint density at radius 1 is 1.37 bits per heavy atom. The molecule has 0 aliphatic heterocycles. The van der Waals surface area contributed by atoms with Crippen LogP contribution in [0, 0.1) is 5.92 Å². The Hall–Kier alpha value is -1.86. The van der Waals surface area contributed by atoms with Gasteiger partial charge < -0.3 is 10.4 Å². The maximum Gasteiger partial charge on any atom is 0.435 e. The first-order valence-corrected chi connectivity index (χ1v) is 5.60. The molecule has 2 N–H and O–H groups in total. The highest BCUT2D eigenvalue weighted by molar-refractivity contribution is 5.76. The number of hydrogen-bond donors (Lipinski definition) is 2. The van der Waals surface area contributed by atoms with Gasteiger partial charge in [0.1, 0.15) is 11.9 Å². The smallest absolute Gasteiger partial charge is 0.435 e. The third-order valence-corrected chi connectivity index (χ3v) is 2.28. The molecule has 0 aliphatic rings. The molecular weight excluding hydrogens is 263 g/mol. The molecule has 0 aliphatic carbocycles. The summed E-state index contributed by atoms with van der Waals surface area (Å²) in [5.74, 6) is -0.965. The number of alkyl halides is 3. The Labute approximate surface area is 107 Å². The molecule has 0 bridgehead atoms. The molecule has 1 heterocycles. The van der Waals surface area contributed by atoms with Crippen molar-refractivity contribution in [2.45, 2.75) is 32.5 Å². The predicted molar refractivity (Wildman–Crippen MR) is 61.5 cm³/mol. The summed E-state index contributed by atoms with van der Waals surface area (Å²) < 4.78 is 36.8. The average Bonchev–Trinajstić information content (AvgIpc) is 2.27. The van der Waals surface area contributed by atoms with Crippen LogP contribution in [-0.2, 0) is 11.0 Å². The van der Waals surface area contributed by atoms with Gasteiger partial charge in [0, 0.05) is 0 Å². The van der Waals surface area contributed by atoms with Crippen LogP contribution in [0.4, 0.5) is 19.0 Å². The van der Waals surface area contributed by atoms with E-state index < -0.39 is 23.9 Å². The van der Waals surface area contributed by atoms with Gasteiger partial charge in [-0.15, -0.1) is 10.2 Å². The van der Waals surface area contributed by atoms with E-state index in [4.69, 9.17) is 5.11 Å². The van der Waals surface area contributed by atoms with E-state index in [0.717, 1.165) is 12.1 Å². The number of anilines is 1. The lowest BCUT2D eigenvalue weighted by atomic mass is 10.0. The van der Waals surface area contributed by atoms with Crippen LogP contribution < -0.4 is 5.32 Å². The molecule has 8 heteroatoms. The standard InChI is InChI=1S/C11H14F3N3O2/c1-6(2)5-7(10(18)19)15-9-4-3-8(16-17-9)11(12,13)14/h3-4,6-7H,5H2,1-2H3,(H,15,17)(H,18,19)/t7-/m1/s1. The van der Waals surface area contributed by atoms with E-state index in [1.807, 2.05) is 13.8 Å². The van der Waals surface area contributed by atoms with Gasteiger partial charge in [-0.1, -0.05) is 13.8 Å². The molecule has 0 spiro atoms. The van der Waals surface area contributed by atoms with Crippen LogP contribution >= 0.6 is 0 Å². The molecule has 0 radical (unpaired) electrons. The molecule has 5 nitrogen and oxygen atoms in total. The Balaban J connectivity index is 2.78. The fraction of sp³-hybridized carbons (Fsp3) is 0.545. The number of rotatable bonds is 5. The van der Waals surface area contributed by atoms with E-state index in [0.29, 0.717) is 6.42 Å². The van der Waals surface area contributed by atoms with Gasteiger partial charge in [0.05, 0.1) is 0 Å². The van der Waals surface area contributed by atoms with E-state index in [2.05, 4.69) is 15.5 Å². The van der Waals surface area contributed by atoms with Gasteiger partial charge in [0.2, 0.25) is 0 Å². The molecule has 1 atom stereocenters. The predicted octanol–water partition coefficient (Wildman–Crippen LogP) is 2.41. The third kappa shape index (κ3) is 4.72. The summed E-state index contributed by atoms with van der Waals surface area (Å²) in [5, 5.41) is 17.9. The minimum atomic E-state index is -4.56. The molecule has 1 rings (SSSR count). The second kappa shape index (κ2) is 5.85. The minimum absolute atomic E-state index is 0.000972. The lowest BCUT2D eigenvalue weighted by Crippen LogP contribution is -2.31. The van der Waals surface area contributed by atoms with Crippen molar-refractivity contribution in [1.82, 2.24) is 10.2 Å². The first-order valence-electron chi connectivity index (χ1n) is 5.60. The molecule has 0 saturated heterocycles. The highest BCUT2D eigenvalue weighted by Crippen LogP contribution is 2.27. The number of hydrogen-bond acceptors (Lipinski definition) is 4. The van der Waals surface area contributed by atoms with E-state index in [1.165, 1.54) is 0 Å². The fourth-order valence-corrected chi connectivity index (χ4v) is 1.43. The summed E-state index contributed by atoms with van der Waals surface area (Å²) in [6, 6.07) is 0.904. The van der Waals surface area contributed by atoms with Gasteiger partial charge in [-0.3, -0.25) is 0 Å². The van der Waals surface area contributed by atoms with Gasteiger partial charge in [-0.05, 0) is 24.5 Å². The minimum Gasteiger partial charge on any atom is -0.480 e. The average molecular weight is 277 g/mol. The molecule has 0 aromatic carbocycles. The molecule has 1 aromatic rings. The Morgan fingerprint density at radius 2 is 2.00 bits per heavy atom. The highest BCUT2D eigenvalue weighted by atomic mass is 19.4. The maximum atomic E-state index is 12.3. The maximum absolute atomic E-state index is 12.3. The quantitative estimate of drug-likeness (QED) is 0.864. The number of halogens is 3. The van der Waals surface area contributed by atoms with Crippen molar-refractivity contribution in [1.29, 1.82) is 0 Å². The normalized spacial score (nSPS) is 13.4. The van der Waals surface area contributed by atoms with Crippen molar-refractivity contribution in [3.05, 3.63) is 17.8 Å². The Kier molecular flexibility index (Phi) is 4.68. The summed E-state index contributed by atoms with van der Waals surface area (Å²) in [7, 11) is 0. The van der Waals surface area contributed by atoms with Crippen molar-refractivity contribution in [3.8, 4) is 0 Å². The first kappa shape index (κ1) is 15.2. The molecule has 19 heavy (non-hydrogen) atoms. The SMILES string of the molecule is CC(C)C[C@@H](Nc1ccc(C(F)(F)F)nn1)C(=O)O. The number of nitrogens with zero attached hydrogens (tertiary/aromatic N) is 2. The molecule has 0 saturated carbocycles. The van der Waals surface area contributed by atoms with Crippen LogP contribution in [0.25, 0.3) is 0 Å². The summed E-state index contributed by atoms with van der Waals surface area (Å²) in [4.78, 5) is 11.0. The number of aromatic nitrogens is 2. The van der Waals surface area contributed by atoms with Gasteiger partial charge in [0.25, 0.3) is 0 Å². The van der Waals surface area contributed by atoms with Crippen LogP contribution in [0.15, 0.2) is 12.1 Å². The monoisotopic (exact) mass is 277 g/mol. The molecule has 0 fully saturated rings. The number of carboxylic acids is 1. The zero-order chi connectivity index (χ0) is 14.6. The van der Waals surface area contributed by atoms with Crippen molar-refractivity contribution in [2.75, 3.05) is 5.32 Å². The third-order valence-electron chi connectivity index (χ3n) is 2.28. The Morgan fingerprint density at radius 3 is 2.37 bits per heavy atom. The van der Waals surface area contributed by atoms with Gasteiger partial charge in [0.15, 0.2) is 5.69 Å². The number of nitrogens with one attached hydrogen (secondary N) is 1. The van der Waals surface area contributed by atoms with Crippen LogP contribution in [0.5, 0.6) is 0 Å². The summed E-state index contributed by atoms with van der Waals surface area (Å²) >= 11 is 0. The number of aliphatic carboxylic acids is 1. The van der Waals surface area contributed by atoms with E-state index in [1.54, 1.807) is 0 Å². The van der Waals surface area contributed by atoms with Crippen LogP contribution in [0.3, 0.4) is 0 Å². The van der Waals surface area contributed by atoms with E-state index in [9.17, 15) is 18.0 Å². The van der Waals surface area contributed by atoms with Crippen molar-refractivity contribution >= 4 is 11.8 Å². The van der Waals surface area contributed by atoms with E-state index >= 15 is 0 Å². The van der Waals surface area contributed by atoms with Gasteiger partial charge in [-0.2, -0.15) is 13.2 Å². The van der Waals surface area contributed by atoms with Gasteiger partial charge in [-0.25, -0.2) is 4.79 Å². The number of carbonyl (C=O) groups is 1. The molecule has 0 amide bonds. The zero-order valence-corrected chi connectivity index (χ0v) is 10.4. The van der Waals surface area contributed by atoms with Crippen LogP contribution in [0.1, 0.15) is 26.0 Å². The second-order valence-corrected chi connectivity index (χ2v) is 4.47. The number of carboxylic acid groups (broad SMARTS) is 1. The van der Waals surface area contributed by atoms with Crippen molar-refractivity contribution in [3.63, 3.8) is 0 Å². The molecular formula is C11H14F3N3O2. The fourth-order valence-electron chi connectivity index (χ4n) is 1.43. The largest absolute Gasteiger partial charge is 0.480 e. The lowest BCUT2D eigenvalue weighted by molar-refractivity contribution is -0.142. The Bertz CT molecular complexity index is 432. The summed E-state index contributed by atoms with van der Waals surface area (Å²) in [5.41, 5.74) is -1.12. The van der Waals surface area contributed by atoms with Crippen LogP contribution in [-0.4, -0.2) is 27.3 Å². The molecule has 1 aromatic heterocycles. The van der Waals surface area contributed by atoms with Crippen LogP contribution in [0.2, 0.25) is 0 Å². The molecule has 106 valence electrons.